The molecule has 1 heterocycles. The van der Waals surface area contributed by atoms with E-state index in [2.05, 4.69) is 6.07 Å². The zero-order chi connectivity index (χ0) is 8.72. The van der Waals surface area contributed by atoms with E-state index in [1.54, 1.807) is 4.90 Å². The molecule has 1 saturated carbocycles. The lowest BCUT2D eigenvalue weighted by Gasteiger charge is -2.26. The topological polar surface area (TPSA) is 70.1 Å². The Morgan fingerprint density at radius 1 is 1.58 bits per heavy atom. The molecule has 4 nitrogen and oxygen atoms in total. The van der Waals surface area contributed by atoms with Crippen molar-refractivity contribution in [3.05, 3.63) is 0 Å². The highest BCUT2D eigenvalue weighted by molar-refractivity contribution is 5.73. The molecule has 0 spiro atoms. The van der Waals surface area contributed by atoms with E-state index in [0.29, 0.717) is 12.5 Å². The predicted molar refractivity (Wildman–Crippen MR) is 41.9 cm³/mol. The molecule has 2 rings (SSSR count). The maximum absolute atomic E-state index is 10.9. The summed E-state index contributed by atoms with van der Waals surface area (Å²) in [5.74, 6) is 0.540. The van der Waals surface area contributed by atoms with Crippen LogP contribution in [0.4, 0.5) is 4.79 Å². The summed E-state index contributed by atoms with van der Waals surface area (Å²) in [6.45, 7) is 0.693. The fraction of sp³-hybridized carbons (Fsp3) is 0.750. The lowest BCUT2D eigenvalue weighted by Crippen LogP contribution is -2.42. The monoisotopic (exact) mass is 165 g/mol. The summed E-state index contributed by atoms with van der Waals surface area (Å²) < 4.78 is 0. The Hall–Kier alpha value is -1.24. The lowest BCUT2D eigenvalue weighted by atomic mass is 9.96. The molecule has 1 saturated heterocycles. The number of amides is 2. The molecule has 0 aromatic heterocycles. The molecule has 3 unspecified atom stereocenters. The first kappa shape index (κ1) is 7.41. The Bertz CT molecular complexity index is 258. The van der Waals surface area contributed by atoms with Crippen LogP contribution in [0, 0.1) is 23.2 Å². The van der Waals surface area contributed by atoms with Crippen LogP contribution in [-0.4, -0.2) is 23.5 Å². The van der Waals surface area contributed by atoms with Crippen molar-refractivity contribution in [2.75, 3.05) is 6.54 Å². The summed E-state index contributed by atoms with van der Waals surface area (Å²) in [6, 6.07) is 2.19. The minimum atomic E-state index is -0.334. The van der Waals surface area contributed by atoms with Gasteiger partial charge >= 0.3 is 6.03 Å². The van der Waals surface area contributed by atoms with E-state index in [1.807, 2.05) is 0 Å². The number of piperidine rings is 1. The van der Waals surface area contributed by atoms with Gasteiger partial charge in [-0.15, -0.1) is 0 Å². The summed E-state index contributed by atoms with van der Waals surface area (Å²) in [5.41, 5.74) is 5.18. The number of hydrogen-bond donors (Lipinski definition) is 1. The smallest absolute Gasteiger partial charge is 0.315 e. The molecule has 2 aliphatic rings. The van der Waals surface area contributed by atoms with Gasteiger partial charge in [0.2, 0.25) is 0 Å². The van der Waals surface area contributed by atoms with Gasteiger partial charge in [-0.2, -0.15) is 5.26 Å². The van der Waals surface area contributed by atoms with E-state index in [1.165, 1.54) is 0 Å². The van der Waals surface area contributed by atoms with Gasteiger partial charge < -0.3 is 10.6 Å². The van der Waals surface area contributed by atoms with Gasteiger partial charge in [0.15, 0.2) is 0 Å². The third kappa shape index (κ3) is 0.860. The third-order valence-corrected chi connectivity index (χ3v) is 2.99. The Kier molecular flexibility index (Phi) is 1.47. The number of nitrogens with two attached hydrogens (primary N) is 1. The molecule has 12 heavy (non-hydrogen) atoms. The predicted octanol–water partition coefficient (Wildman–Crippen LogP) is 0.299. The van der Waals surface area contributed by atoms with Crippen LogP contribution < -0.4 is 5.73 Å². The number of rotatable bonds is 0. The molecule has 4 heteroatoms. The third-order valence-electron chi connectivity index (χ3n) is 2.99. The van der Waals surface area contributed by atoms with E-state index < -0.39 is 0 Å². The van der Waals surface area contributed by atoms with Gasteiger partial charge in [0, 0.05) is 12.6 Å². The first-order valence-electron chi connectivity index (χ1n) is 4.18. The van der Waals surface area contributed by atoms with Crippen molar-refractivity contribution in [2.24, 2.45) is 17.6 Å². The van der Waals surface area contributed by atoms with Crippen molar-refractivity contribution in [1.82, 2.24) is 4.90 Å². The molecule has 0 aromatic rings. The molecule has 3 atom stereocenters. The van der Waals surface area contributed by atoms with Crippen molar-refractivity contribution in [3.8, 4) is 6.07 Å². The van der Waals surface area contributed by atoms with Gasteiger partial charge in [-0.25, -0.2) is 4.79 Å². The van der Waals surface area contributed by atoms with Gasteiger partial charge in [0.1, 0.15) is 0 Å². The highest BCUT2D eigenvalue weighted by Gasteiger charge is 2.45. The second kappa shape index (κ2) is 2.37. The molecule has 64 valence electrons. The fourth-order valence-corrected chi connectivity index (χ4v) is 2.38. The van der Waals surface area contributed by atoms with E-state index in [4.69, 9.17) is 11.0 Å². The molecular formula is C8H11N3O. The first-order valence-corrected chi connectivity index (χ1v) is 4.18. The number of primary amides is 1. The standard InChI is InChI=1S/C8H11N3O/c9-3-5-1-7-2-6(5)4-11(7)8(10)12/h5-7H,1-2,4H2,(H2,10,12). The summed E-state index contributed by atoms with van der Waals surface area (Å²) in [6.07, 6.45) is 1.80. The fourth-order valence-electron chi connectivity index (χ4n) is 2.38. The highest BCUT2D eigenvalue weighted by Crippen LogP contribution is 2.41. The molecule has 2 fully saturated rings. The first-order chi connectivity index (χ1) is 5.72. The van der Waals surface area contributed by atoms with Crippen LogP contribution in [0.15, 0.2) is 0 Å². The van der Waals surface area contributed by atoms with Crippen LogP contribution >= 0.6 is 0 Å². The average Bonchev–Trinajstić information content (AvgIpc) is 2.60. The lowest BCUT2D eigenvalue weighted by molar-refractivity contribution is 0.183. The Balaban J connectivity index is 2.09. The summed E-state index contributed by atoms with van der Waals surface area (Å²) in [5, 5.41) is 8.73. The second-order valence-electron chi connectivity index (χ2n) is 3.61. The minimum absolute atomic E-state index is 0.158. The van der Waals surface area contributed by atoms with Crippen LogP contribution in [-0.2, 0) is 0 Å². The number of fused-ring (bicyclic) bond motifs is 2. The number of urea groups is 1. The largest absolute Gasteiger partial charge is 0.351 e. The number of nitriles is 1. The molecule has 1 aliphatic heterocycles. The van der Waals surface area contributed by atoms with Crippen LogP contribution in [0.25, 0.3) is 0 Å². The molecule has 2 bridgehead atoms. The SMILES string of the molecule is N#CC1CC2CC1CN2C(N)=O. The van der Waals surface area contributed by atoms with Crippen molar-refractivity contribution in [2.45, 2.75) is 18.9 Å². The maximum Gasteiger partial charge on any atom is 0.315 e. The van der Waals surface area contributed by atoms with Crippen LogP contribution in [0.1, 0.15) is 12.8 Å². The molecule has 0 radical (unpaired) electrons. The van der Waals surface area contributed by atoms with Gasteiger partial charge in [-0.05, 0) is 18.8 Å². The van der Waals surface area contributed by atoms with Crippen molar-refractivity contribution in [1.29, 1.82) is 5.26 Å². The maximum atomic E-state index is 10.9. The molecule has 2 amide bonds. The van der Waals surface area contributed by atoms with E-state index in [-0.39, 0.29) is 18.0 Å². The second-order valence-corrected chi connectivity index (χ2v) is 3.61. The summed E-state index contributed by atoms with van der Waals surface area (Å²) in [7, 11) is 0. The molecule has 1 aliphatic carbocycles. The Morgan fingerprint density at radius 3 is 2.75 bits per heavy atom. The summed E-state index contributed by atoms with van der Waals surface area (Å²) >= 11 is 0. The van der Waals surface area contributed by atoms with Gasteiger partial charge in [-0.3, -0.25) is 0 Å². The van der Waals surface area contributed by atoms with Crippen molar-refractivity contribution in [3.63, 3.8) is 0 Å². The van der Waals surface area contributed by atoms with E-state index >= 15 is 0 Å². The average molecular weight is 165 g/mol. The van der Waals surface area contributed by atoms with Gasteiger partial charge in [0.05, 0.1) is 12.0 Å². The zero-order valence-corrected chi connectivity index (χ0v) is 6.73. The summed E-state index contributed by atoms with van der Waals surface area (Å²) in [4.78, 5) is 12.5. The van der Waals surface area contributed by atoms with Crippen molar-refractivity contribution >= 4 is 6.03 Å². The normalized spacial score (nSPS) is 38.2. The van der Waals surface area contributed by atoms with Crippen molar-refractivity contribution < 1.29 is 4.79 Å². The molecule has 0 aromatic carbocycles. The number of hydrogen-bond acceptors (Lipinski definition) is 2. The minimum Gasteiger partial charge on any atom is -0.351 e. The van der Waals surface area contributed by atoms with E-state index in [0.717, 1.165) is 12.8 Å². The van der Waals surface area contributed by atoms with Gasteiger partial charge in [0.25, 0.3) is 0 Å². The Morgan fingerprint density at radius 2 is 2.33 bits per heavy atom. The number of nitrogens with zero attached hydrogens (tertiary/aromatic N) is 2. The highest BCUT2D eigenvalue weighted by atomic mass is 16.2. The number of carbonyl (C=O) groups is 1. The number of carbonyl (C=O) groups excluding carboxylic acids is 1. The van der Waals surface area contributed by atoms with Crippen LogP contribution in [0.5, 0.6) is 0 Å². The quantitative estimate of drug-likeness (QED) is 0.560. The zero-order valence-electron chi connectivity index (χ0n) is 6.73. The molecular weight excluding hydrogens is 154 g/mol. The Labute approximate surface area is 70.9 Å². The molecule has 2 N–H and O–H groups in total. The van der Waals surface area contributed by atoms with Gasteiger partial charge in [-0.1, -0.05) is 0 Å². The van der Waals surface area contributed by atoms with Crippen LogP contribution in [0.3, 0.4) is 0 Å². The van der Waals surface area contributed by atoms with Crippen LogP contribution in [0.2, 0.25) is 0 Å². The number of likely N-dealkylation sites (tertiary alicyclic amines) is 1. The van der Waals surface area contributed by atoms with E-state index in [9.17, 15) is 4.79 Å².